The highest BCUT2D eigenvalue weighted by Crippen LogP contribution is 2.23. The number of rotatable bonds is 5. The van der Waals surface area contributed by atoms with Crippen LogP contribution in [0, 0.1) is 6.92 Å². The molecule has 0 saturated carbocycles. The third kappa shape index (κ3) is 4.14. The Balaban J connectivity index is 1.71. The van der Waals surface area contributed by atoms with Crippen LogP contribution in [0.3, 0.4) is 0 Å². The smallest absolute Gasteiger partial charge is 0.289 e. The maximum Gasteiger partial charge on any atom is 0.289 e. The second kappa shape index (κ2) is 7.79. The van der Waals surface area contributed by atoms with Crippen LogP contribution in [0.25, 0.3) is 0 Å². The third-order valence-corrected chi connectivity index (χ3v) is 4.30. The number of ether oxygens (including phenoxy) is 1. The van der Waals surface area contributed by atoms with E-state index in [1.807, 2.05) is 24.3 Å². The molecule has 128 valence electrons. The number of aromatic nitrogens is 1. The summed E-state index contributed by atoms with van der Waals surface area (Å²) in [5.74, 6) is -0.0350. The molecule has 0 unspecified atom stereocenters. The molecule has 3 rings (SSSR count). The molecule has 1 saturated heterocycles. The molecule has 1 amide bonds. The Morgan fingerprint density at radius 3 is 2.67 bits per heavy atom. The fourth-order valence-corrected chi connectivity index (χ4v) is 2.90. The molecule has 0 bridgehead atoms. The van der Waals surface area contributed by atoms with Gasteiger partial charge in [-0.1, -0.05) is 28.9 Å². The van der Waals surface area contributed by atoms with E-state index in [1.54, 1.807) is 13.0 Å². The van der Waals surface area contributed by atoms with Crippen LogP contribution in [0.2, 0.25) is 5.02 Å². The maximum atomic E-state index is 12.2. The first-order chi connectivity index (χ1) is 11.6. The Morgan fingerprint density at radius 1 is 1.33 bits per heavy atom. The van der Waals surface area contributed by atoms with Gasteiger partial charge in [-0.25, -0.2) is 0 Å². The van der Waals surface area contributed by atoms with Gasteiger partial charge in [-0.05, 0) is 24.6 Å². The number of carbonyl (C=O) groups is 1. The van der Waals surface area contributed by atoms with E-state index in [1.165, 1.54) is 0 Å². The Kier molecular flexibility index (Phi) is 5.50. The predicted molar refractivity (Wildman–Crippen MR) is 90.2 cm³/mol. The van der Waals surface area contributed by atoms with Crippen molar-refractivity contribution in [1.82, 2.24) is 15.4 Å². The van der Waals surface area contributed by atoms with Crippen LogP contribution in [0.15, 0.2) is 34.9 Å². The fourth-order valence-electron chi connectivity index (χ4n) is 2.78. The minimum absolute atomic E-state index is 0.0548. The summed E-state index contributed by atoms with van der Waals surface area (Å²) < 4.78 is 10.4. The molecule has 0 radical (unpaired) electrons. The number of amides is 1. The minimum atomic E-state index is -0.261. The summed E-state index contributed by atoms with van der Waals surface area (Å²) >= 11 is 5.99. The molecule has 6 nitrogen and oxygen atoms in total. The minimum Gasteiger partial charge on any atom is -0.379 e. The zero-order valence-corrected chi connectivity index (χ0v) is 14.3. The highest BCUT2D eigenvalue weighted by molar-refractivity contribution is 6.30. The van der Waals surface area contributed by atoms with Crippen molar-refractivity contribution in [3.63, 3.8) is 0 Å². The van der Waals surface area contributed by atoms with E-state index in [4.69, 9.17) is 20.9 Å². The van der Waals surface area contributed by atoms with Crippen LogP contribution in [-0.2, 0) is 4.74 Å². The van der Waals surface area contributed by atoms with Crippen LogP contribution in [0.5, 0.6) is 0 Å². The predicted octanol–water partition coefficient (Wildman–Crippen LogP) is 2.44. The summed E-state index contributed by atoms with van der Waals surface area (Å²) in [7, 11) is 0. The summed E-state index contributed by atoms with van der Waals surface area (Å²) in [6, 6.07) is 9.40. The number of nitrogens with zero attached hydrogens (tertiary/aromatic N) is 2. The van der Waals surface area contributed by atoms with Crippen molar-refractivity contribution in [3.8, 4) is 0 Å². The van der Waals surface area contributed by atoms with Crippen LogP contribution in [0.1, 0.15) is 27.9 Å². The molecule has 7 heteroatoms. The molecule has 1 aromatic heterocycles. The summed E-state index contributed by atoms with van der Waals surface area (Å²) in [6.45, 7) is 5.29. The molecule has 1 aliphatic rings. The lowest BCUT2D eigenvalue weighted by Gasteiger charge is -2.34. The first kappa shape index (κ1) is 17.0. The lowest BCUT2D eigenvalue weighted by Crippen LogP contribution is -2.43. The fraction of sp³-hybridized carbons (Fsp3) is 0.412. The molecular weight excluding hydrogens is 330 g/mol. The molecule has 24 heavy (non-hydrogen) atoms. The van der Waals surface area contributed by atoms with Gasteiger partial charge in [-0.3, -0.25) is 9.69 Å². The van der Waals surface area contributed by atoms with Gasteiger partial charge in [0.1, 0.15) is 0 Å². The molecule has 0 aliphatic carbocycles. The third-order valence-electron chi connectivity index (χ3n) is 4.05. The Labute approximate surface area is 145 Å². The summed E-state index contributed by atoms with van der Waals surface area (Å²) in [5.41, 5.74) is 1.79. The average Bonchev–Trinajstić information content (AvgIpc) is 3.04. The lowest BCUT2D eigenvalue weighted by atomic mass is 10.0. The summed E-state index contributed by atoms with van der Waals surface area (Å²) in [6.07, 6.45) is 0. The van der Waals surface area contributed by atoms with Crippen LogP contribution in [-0.4, -0.2) is 48.8 Å². The number of nitrogens with one attached hydrogen (secondary N) is 1. The zero-order valence-electron chi connectivity index (χ0n) is 13.5. The van der Waals surface area contributed by atoms with Crippen LogP contribution >= 0.6 is 11.6 Å². The van der Waals surface area contributed by atoms with E-state index < -0.39 is 0 Å². The Bertz CT molecular complexity index is 681. The highest BCUT2D eigenvalue weighted by atomic mass is 35.5. The van der Waals surface area contributed by atoms with Gasteiger partial charge in [0.2, 0.25) is 5.76 Å². The highest BCUT2D eigenvalue weighted by Gasteiger charge is 2.24. The van der Waals surface area contributed by atoms with E-state index in [9.17, 15) is 4.79 Å². The van der Waals surface area contributed by atoms with Gasteiger partial charge in [-0.15, -0.1) is 0 Å². The standard InChI is InChI=1S/C17H20ClN3O3/c1-12-10-16(24-20-12)17(22)19-11-15(21-6-8-23-9-7-21)13-2-4-14(18)5-3-13/h2-5,10,15H,6-9,11H2,1H3,(H,19,22)/t15-/m1/s1. The molecule has 2 heterocycles. The Hall–Kier alpha value is -1.89. The first-order valence-corrected chi connectivity index (χ1v) is 8.30. The molecule has 1 atom stereocenters. The second-order valence-electron chi connectivity index (χ2n) is 5.76. The van der Waals surface area contributed by atoms with Crippen molar-refractivity contribution in [2.45, 2.75) is 13.0 Å². The van der Waals surface area contributed by atoms with Crippen molar-refractivity contribution >= 4 is 17.5 Å². The van der Waals surface area contributed by atoms with E-state index in [0.717, 1.165) is 18.7 Å². The van der Waals surface area contributed by atoms with Gasteiger partial charge in [-0.2, -0.15) is 0 Å². The number of hydrogen-bond acceptors (Lipinski definition) is 5. The van der Waals surface area contributed by atoms with Crippen molar-refractivity contribution in [1.29, 1.82) is 0 Å². The van der Waals surface area contributed by atoms with Gasteiger partial charge in [0, 0.05) is 30.7 Å². The topological polar surface area (TPSA) is 67.6 Å². The Morgan fingerprint density at radius 2 is 2.04 bits per heavy atom. The summed E-state index contributed by atoms with van der Waals surface area (Å²) in [5, 5.41) is 7.37. The van der Waals surface area contributed by atoms with E-state index in [-0.39, 0.29) is 17.7 Å². The van der Waals surface area contributed by atoms with Crippen molar-refractivity contribution < 1.29 is 14.1 Å². The van der Waals surface area contributed by atoms with Gasteiger partial charge in [0.05, 0.1) is 24.9 Å². The maximum absolute atomic E-state index is 12.2. The second-order valence-corrected chi connectivity index (χ2v) is 6.19. The van der Waals surface area contributed by atoms with E-state index in [2.05, 4.69) is 15.4 Å². The van der Waals surface area contributed by atoms with Crippen molar-refractivity contribution in [2.24, 2.45) is 0 Å². The number of morpholine rings is 1. The lowest BCUT2D eigenvalue weighted by molar-refractivity contribution is 0.0161. The van der Waals surface area contributed by atoms with Gasteiger partial charge in [0.25, 0.3) is 5.91 Å². The van der Waals surface area contributed by atoms with Crippen molar-refractivity contribution in [2.75, 3.05) is 32.8 Å². The monoisotopic (exact) mass is 349 g/mol. The number of benzene rings is 1. The zero-order chi connectivity index (χ0) is 16.9. The van der Waals surface area contributed by atoms with Gasteiger partial charge >= 0.3 is 0 Å². The number of carbonyl (C=O) groups excluding carboxylic acids is 1. The molecule has 1 aliphatic heterocycles. The SMILES string of the molecule is Cc1cc(C(=O)NC[C@H](c2ccc(Cl)cc2)N2CCOCC2)on1. The molecular formula is C17H20ClN3O3. The normalized spacial score (nSPS) is 16.8. The number of halogens is 1. The largest absolute Gasteiger partial charge is 0.379 e. The molecule has 1 fully saturated rings. The first-order valence-electron chi connectivity index (χ1n) is 7.92. The quantitative estimate of drug-likeness (QED) is 0.898. The number of hydrogen-bond donors (Lipinski definition) is 1. The van der Waals surface area contributed by atoms with Crippen molar-refractivity contribution in [3.05, 3.63) is 52.4 Å². The summed E-state index contributed by atoms with van der Waals surface area (Å²) in [4.78, 5) is 14.5. The average molecular weight is 350 g/mol. The molecule has 2 aromatic rings. The van der Waals surface area contributed by atoms with E-state index >= 15 is 0 Å². The number of aryl methyl sites for hydroxylation is 1. The van der Waals surface area contributed by atoms with E-state index in [0.29, 0.717) is 30.5 Å². The van der Waals surface area contributed by atoms with Gasteiger partial charge < -0.3 is 14.6 Å². The molecule has 1 aromatic carbocycles. The van der Waals surface area contributed by atoms with Crippen LogP contribution in [0.4, 0.5) is 0 Å². The van der Waals surface area contributed by atoms with Gasteiger partial charge in [0.15, 0.2) is 0 Å². The van der Waals surface area contributed by atoms with Crippen LogP contribution < -0.4 is 5.32 Å². The molecule has 1 N–H and O–H groups in total. The molecule has 0 spiro atoms.